The highest BCUT2D eigenvalue weighted by molar-refractivity contribution is 7.17. The van der Waals surface area contributed by atoms with Crippen molar-refractivity contribution in [3.8, 4) is 0 Å². The van der Waals surface area contributed by atoms with E-state index in [1.165, 1.54) is 11.3 Å². The Kier molecular flexibility index (Phi) is 7.53. The van der Waals surface area contributed by atoms with Crippen molar-refractivity contribution < 1.29 is 26.5 Å². The molecule has 0 fully saturated rings. The van der Waals surface area contributed by atoms with Crippen LogP contribution in [0.2, 0.25) is 5.02 Å². The first kappa shape index (κ1) is 26.3. The Balaban J connectivity index is 0.00000324. The topological polar surface area (TPSA) is 84.2 Å². The summed E-state index contributed by atoms with van der Waals surface area (Å²) < 4.78 is 0.900. The predicted molar refractivity (Wildman–Crippen MR) is 137 cm³/mol. The van der Waals surface area contributed by atoms with Gasteiger partial charge in [-0.2, -0.15) is 0 Å². The van der Waals surface area contributed by atoms with Gasteiger partial charge in [0.2, 0.25) is 0 Å². The molecule has 2 heterocycles. The molecule has 1 unspecified atom stereocenters. The maximum Gasteiger partial charge on any atom is 0.324 e. The summed E-state index contributed by atoms with van der Waals surface area (Å²) >= 11 is 7.75. The van der Waals surface area contributed by atoms with Crippen molar-refractivity contribution in [2.45, 2.75) is 33.7 Å². The first-order chi connectivity index (χ1) is 15.5. The number of likely N-dealkylation sites (N-methyl/N-ethyl adjacent to an activating group) is 1. The normalized spacial score (nSPS) is 17.6. The molecule has 6 nitrogen and oxygen atoms in total. The third-order valence-electron chi connectivity index (χ3n) is 5.97. The zero-order valence-corrected chi connectivity index (χ0v) is 22.1. The molecule has 1 aromatic heterocycles. The van der Waals surface area contributed by atoms with Gasteiger partial charge in [-0.15, -0.1) is 11.3 Å². The van der Waals surface area contributed by atoms with Crippen molar-refractivity contribution in [2.24, 2.45) is 11.1 Å². The van der Waals surface area contributed by atoms with E-state index in [0.717, 1.165) is 51.8 Å². The highest BCUT2D eigenvalue weighted by Gasteiger charge is 2.37. The van der Waals surface area contributed by atoms with Gasteiger partial charge in [-0.25, -0.2) is 4.79 Å². The summed E-state index contributed by atoms with van der Waals surface area (Å²) in [6, 6.07) is 10.7. The molecule has 1 aliphatic rings. The molecule has 1 aliphatic heterocycles. The lowest BCUT2D eigenvalue weighted by Gasteiger charge is -2.41. The second-order valence-corrected chi connectivity index (χ2v) is 11.8. The number of amides is 3. The molecule has 0 bridgehead atoms. The summed E-state index contributed by atoms with van der Waals surface area (Å²) in [5.41, 5.74) is 8.00. The Morgan fingerprint density at radius 1 is 1.12 bits per heavy atom. The van der Waals surface area contributed by atoms with E-state index in [1.807, 2.05) is 24.3 Å². The largest absolute Gasteiger partial charge is 1.00 e. The Hall–Kier alpha value is -2.32. The maximum absolute atomic E-state index is 12.9. The van der Waals surface area contributed by atoms with Crippen LogP contribution < -0.4 is 28.8 Å². The maximum atomic E-state index is 12.9. The molecule has 0 radical (unpaired) electrons. The lowest BCUT2D eigenvalue weighted by Crippen LogP contribution is -3.00. The molecule has 0 saturated heterocycles. The molecule has 2 aromatic carbocycles. The minimum Gasteiger partial charge on any atom is -1.00 e. The van der Waals surface area contributed by atoms with Crippen LogP contribution in [-0.4, -0.2) is 36.6 Å². The van der Waals surface area contributed by atoms with Crippen LogP contribution in [0.15, 0.2) is 36.4 Å². The van der Waals surface area contributed by atoms with E-state index in [9.17, 15) is 9.59 Å². The molecular formula is C25H30Cl2N4O2S. The van der Waals surface area contributed by atoms with Crippen LogP contribution in [-0.2, 0) is 13.0 Å². The third-order valence-corrected chi connectivity index (χ3v) is 7.43. The van der Waals surface area contributed by atoms with Crippen molar-refractivity contribution in [3.63, 3.8) is 0 Å². The molecule has 3 aromatic rings. The van der Waals surface area contributed by atoms with Gasteiger partial charge in [-0.1, -0.05) is 56.6 Å². The van der Waals surface area contributed by atoms with Crippen LogP contribution in [0.4, 0.5) is 15.5 Å². The van der Waals surface area contributed by atoms with Gasteiger partial charge in [0.25, 0.3) is 5.91 Å². The summed E-state index contributed by atoms with van der Waals surface area (Å²) in [6.45, 7) is 9.52. The summed E-state index contributed by atoms with van der Waals surface area (Å²) in [6.07, 6.45) is 0.766. The van der Waals surface area contributed by atoms with Crippen LogP contribution in [0.1, 0.15) is 41.6 Å². The number of carbonyl (C=O) groups is 2. The van der Waals surface area contributed by atoms with E-state index in [-0.39, 0.29) is 17.8 Å². The number of quaternary nitrogens is 1. The standard InChI is InChI=1S/C25H29ClN4O2S.ClH/c1-25(2,3)14-30(4)12-11-17-20(13-30)33-23(21(17)22(27)31)29-24(32)28-19-10-9-18(26)15-7-5-6-8-16(15)19;/h5-10H,11-14H2,1-4H3,(H3-,27,28,29,31,32);1H. The van der Waals surface area contributed by atoms with Crippen molar-refractivity contribution >= 4 is 56.3 Å². The number of rotatable bonds is 4. The molecule has 34 heavy (non-hydrogen) atoms. The highest BCUT2D eigenvalue weighted by Crippen LogP contribution is 2.40. The minimum absolute atomic E-state index is 0. The van der Waals surface area contributed by atoms with Crippen molar-refractivity contribution in [1.29, 1.82) is 0 Å². The number of hydrogen-bond acceptors (Lipinski definition) is 3. The number of thiophene rings is 1. The number of hydrogen-bond donors (Lipinski definition) is 3. The number of nitrogens with two attached hydrogens (primary N) is 1. The van der Waals surface area contributed by atoms with Crippen LogP contribution in [0, 0.1) is 5.41 Å². The quantitative estimate of drug-likeness (QED) is 0.462. The number of primary amides is 1. The molecule has 1 atom stereocenters. The van der Waals surface area contributed by atoms with Gasteiger partial charge in [-0.05, 0) is 17.7 Å². The second-order valence-electron chi connectivity index (χ2n) is 10.3. The Bertz CT molecular complexity index is 1250. The lowest BCUT2D eigenvalue weighted by atomic mass is 9.92. The van der Waals surface area contributed by atoms with Crippen LogP contribution in [0.25, 0.3) is 10.8 Å². The molecule has 0 aliphatic carbocycles. The summed E-state index contributed by atoms with van der Waals surface area (Å²) in [7, 11) is 2.25. The smallest absolute Gasteiger partial charge is 0.324 e. The molecule has 0 spiro atoms. The fourth-order valence-electron chi connectivity index (χ4n) is 4.97. The number of fused-ring (bicyclic) bond motifs is 2. The van der Waals surface area contributed by atoms with Gasteiger partial charge in [0, 0.05) is 27.6 Å². The van der Waals surface area contributed by atoms with E-state index in [1.54, 1.807) is 12.1 Å². The number of anilines is 2. The van der Waals surface area contributed by atoms with E-state index in [0.29, 0.717) is 21.3 Å². The summed E-state index contributed by atoms with van der Waals surface area (Å²) in [4.78, 5) is 26.4. The van der Waals surface area contributed by atoms with Crippen LogP contribution in [0.5, 0.6) is 0 Å². The zero-order valence-electron chi connectivity index (χ0n) is 19.8. The first-order valence-electron chi connectivity index (χ1n) is 11.0. The molecule has 0 saturated carbocycles. The number of urea groups is 1. The van der Waals surface area contributed by atoms with Crippen molar-refractivity contribution in [3.05, 3.63) is 57.4 Å². The second kappa shape index (κ2) is 9.74. The van der Waals surface area contributed by atoms with Gasteiger partial charge in [0.1, 0.15) is 11.5 Å². The van der Waals surface area contributed by atoms with E-state index >= 15 is 0 Å². The van der Waals surface area contributed by atoms with Crippen LogP contribution >= 0.6 is 22.9 Å². The van der Waals surface area contributed by atoms with Crippen LogP contribution in [0.3, 0.4) is 0 Å². The highest BCUT2D eigenvalue weighted by atomic mass is 35.5. The van der Waals surface area contributed by atoms with E-state index in [4.69, 9.17) is 17.3 Å². The fraction of sp³-hybridized carbons (Fsp3) is 0.360. The van der Waals surface area contributed by atoms with E-state index < -0.39 is 11.9 Å². The Labute approximate surface area is 215 Å². The van der Waals surface area contributed by atoms with Gasteiger partial charge in [-0.3, -0.25) is 10.1 Å². The minimum atomic E-state index is -0.508. The van der Waals surface area contributed by atoms with Gasteiger partial charge < -0.3 is 27.9 Å². The number of carbonyl (C=O) groups excluding carboxylic acids is 2. The van der Waals surface area contributed by atoms with Gasteiger partial charge in [0.05, 0.1) is 36.3 Å². The molecule has 4 rings (SSSR count). The molecule has 4 N–H and O–H groups in total. The molecule has 182 valence electrons. The first-order valence-corrected chi connectivity index (χ1v) is 12.2. The van der Waals surface area contributed by atoms with Gasteiger partial charge in [0.15, 0.2) is 0 Å². The number of benzene rings is 2. The van der Waals surface area contributed by atoms with Crippen molar-refractivity contribution in [2.75, 3.05) is 30.8 Å². The lowest BCUT2D eigenvalue weighted by molar-refractivity contribution is -0.929. The predicted octanol–water partition coefficient (Wildman–Crippen LogP) is 2.85. The SMILES string of the molecule is CC(C)(C)C[N+]1(C)CCc2c(sc(NC(=O)Nc3ccc(Cl)c4ccccc34)c2C(N)=O)C1.[Cl-]. The molecule has 3 amide bonds. The number of nitrogens with one attached hydrogen (secondary N) is 2. The number of halogens is 2. The fourth-order valence-corrected chi connectivity index (χ4v) is 6.62. The monoisotopic (exact) mass is 520 g/mol. The average Bonchev–Trinajstić information content (AvgIpc) is 3.05. The van der Waals surface area contributed by atoms with Gasteiger partial charge >= 0.3 is 6.03 Å². The number of nitrogens with zero attached hydrogens (tertiary/aromatic N) is 1. The molecular weight excluding hydrogens is 491 g/mol. The zero-order chi connectivity index (χ0) is 24.0. The Morgan fingerprint density at radius 3 is 2.44 bits per heavy atom. The van der Waals surface area contributed by atoms with E-state index in [2.05, 4.69) is 38.5 Å². The third kappa shape index (κ3) is 5.49. The summed E-state index contributed by atoms with van der Waals surface area (Å²) in [5, 5.41) is 8.61. The molecule has 9 heteroatoms. The average molecular weight is 522 g/mol. The summed E-state index contributed by atoms with van der Waals surface area (Å²) in [5.74, 6) is -0.508. The van der Waals surface area contributed by atoms with Crippen molar-refractivity contribution in [1.82, 2.24) is 0 Å². The Morgan fingerprint density at radius 2 is 1.79 bits per heavy atom.